The molecule has 0 radical (unpaired) electrons. The largest absolute Gasteiger partial charge is 0.456 e. The Morgan fingerprint density at radius 2 is 2.08 bits per heavy atom. The van der Waals surface area contributed by atoms with Crippen LogP contribution in [-0.2, 0) is 14.9 Å². The van der Waals surface area contributed by atoms with Gasteiger partial charge in [0.2, 0.25) is 6.79 Å². The molecule has 0 bridgehead atoms. The van der Waals surface area contributed by atoms with Crippen molar-refractivity contribution in [2.24, 2.45) is 0 Å². The Kier molecular flexibility index (Phi) is 2.82. The minimum absolute atomic E-state index is 0.0805. The fraction of sp³-hybridized carbons (Fsp3) is 0.500. The standard InChI is InChI=1S/C18H19NO5/c1-19-8-16-18(4-3-10(21-2)5-15(18)19)12-7-14-13(22-9-23-14)6-11(12)17(20)24-16/h3-4,6-7,10,15-16H,5,8-9H2,1-2H3/t10-,15+,16-,18+/m1/s1. The topological polar surface area (TPSA) is 57.2 Å². The summed E-state index contributed by atoms with van der Waals surface area (Å²) in [5.41, 5.74) is 1.21. The molecule has 5 rings (SSSR count). The van der Waals surface area contributed by atoms with Gasteiger partial charge in [-0.15, -0.1) is 0 Å². The zero-order valence-corrected chi connectivity index (χ0v) is 13.7. The van der Waals surface area contributed by atoms with Crippen molar-refractivity contribution in [3.8, 4) is 11.5 Å². The van der Waals surface area contributed by atoms with E-state index in [2.05, 4.69) is 24.1 Å². The first-order chi connectivity index (χ1) is 11.6. The number of hydrogen-bond acceptors (Lipinski definition) is 6. The molecule has 4 atom stereocenters. The molecular formula is C18H19NO5. The van der Waals surface area contributed by atoms with Gasteiger partial charge in [-0.2, -0.15) is 0 Å². The van der Waals surface area contributed by atoms with E-state index < -0.39 is 0 Å². The summed E-state index contributed by atoms with van der Waals surface area (Å²) in [4.78, 5) is 14.8. The molecule has 1 fully saturated rings. The second kappa shape index (κ2) is 4.74. The van der Waals surface area contributed by atoms with Gasteiger partial charge in [-0.05, 0) is 31.2 Å². The maximum absolute atomic E-state index is 12.5. The quantitative estimate of drug-likeness (QED) is 0.575. The maximum atomic E-state index is 12.5. The third-order valence-electron chi connectivity index (χ3n) is 5.86. The van der Waals surface area contributed by atoms with Gasteiger partial charge < -0.3 is 18.9 Å². The number of carbonyl (C=O) groups is 1. The summed E-state index contributed by atoms with van der Waals surface area (Å²) in [5.74, 6) is 1.03. The van der Waals surface area contributed by atoms with E-state index in [-0.39, 0.29) is 36.4 Å². The molecule has 0 unspecified atom stereocenters. The predicted octanol–water partition coefficient (Wildman–Crippen LogP) is 1.48. The van der Waals surface area contributed by atoms with E-state index in [1.807, 2.05) is 6.07 Å². The van der Waals surface area contributed by atoms with Crippen LogP contribution in [0.15, 0.2) is 24.3 Å². The number of carbonyl (C=O) groups excluding carboxylic acids is 1. The van der Waals surface area contributed by atoms with Crippen LogP contribution in [-0.4, -0.2) is 56.6 Å². The SMILES string of the molecule is CO[C@@H]1C=C[C@@]23c4cc5c(cc4C(=O)O[C@@H]2CN(C)[C@H]3C1)OCO5. The Balaban J connectivity index is 1.74. The van der Waals surface area contributed by atoms with E-state index in [1.165, 1.54) is 0 Å². The molecule has 3 aliphatic heterocycles. The molecular weight excluding hydrogens is 310 g/mol. The molecule has 1 saturated heterocycles. The van der Waals surface area contributed by atoms with Crippen molar-refractivity contribution in [1.82, 2.24) is 4.90 Å². The highest BCUT2D eigenvalue weighted by Gasteiger charge is 2.60. The normalized spacial score (nSPS) is 36.1. The highest BCUT2D eigenvalue weighted by molar-refractivity contribution is 5.94. The molecule has 6 heteroatoms. The zero-order chi connectivity index (χ0) is 16.5. The number of hydrogen-bond donors (Lipinski definition) is 0. The molecule has 24 heavy (non-hydrogen) atoms. The van der Waals surface area contributed by atoms with Crippen molar-refractivity contribution in [3.63, 3.8) is 0 Å². The van der Waals surface area contributed by atoms with E-state index in [4.69, 9.17) is 18.9 Å². The fourth-order valence-electron chi connectivity index (χ4n) is 4.69. The van der Waals surface area contributed by atoms with E-state index in [0.29, 0.717) is 23.6 Å². The number of nitrogens with zero attached hydrogens (tertiary/aromatic N) is 1. The van der Waals surface area contributed by atoms with E-state index in [1.54, 1.807) is 13.2 Å². The lowest BCUT2D eigenvalue weighted by Crippen LogP contribution is -2.52. The minimum atomic E-state index is -0.353. The first kappa shape index (κ1) is 14.3. The average Bonchev–Trinajstić information content (AvgIpc) is 3.16. The monoisotopic (exact) mass is 329 g/mol. The first-order valence-electron chi connectivity index (χ1n) is 8.21. The van der Waals surface area contributed by atoms with E-state index >= 15 is 0 Å². The Bertz CT molecular complexity index is 760. The van der Waals surface area contributed by atoms with Crippen LogP contribution in [0.2, 0.25) is 0 Å². The van der Waals surface area contributed by atoms with Crippen LogP contribution < -0.4 is 9.47 Å². The molecule has 1 aliphatic carbocycles. The maximum Gasteiger partial charge on any atom is 0.338 e. The number of ether oxygens (including phenoxy) is 4. The highest BCUT2D eigenvalue weighted by atomic mass is 16.7. The van der Waals surface area contributed by atoms with Crippen LogP contribution in [0, 0.1) is 0 Å². The fourth-order valence-corrected chi connectivity index (χ4v) is 4.69. The third-order valence-corrected chi connectivity index (χ3v) is 5.86. The molecule has 1 aromatic carbocycles. The summed E-state index contributed by atoms with van der Waals surface area (Å²) < 4.78 is 22.4. The lowest BCUT2D eigenvalue weighted by molar-refractivity contribution is 0.0118. The molecule has 3 heterocycles. The van der Waals surface area contributed by atoms with Crippen LogP contribution in [0.4, 0.5) is 0 Å². The summed E-state index contributed by atoms with van der Waals surface area (Å²) in [7, 11) is 3.81. The highest BCUT2D eigenvalue weighted by Crippen LogP contribution is 2.52. The predicted molar refractivity (Wildman–Crippen MR) is 84.4 cm³/mol. The molecule has 0 N–H and O–H groups in total. The molecule has 126 valence electrons. The lowest BCUT2D eigenvalue weighted by Gasteiger charge is -2.44. The number of likely N-dealkylation sites (N-methyl/N-ethyl adjacent to an activating group) is 1. The van der Waals surface area contributed by atoms with Gasteiger partial charge in [-0.25, -0.2) is 4.79 Å². The summed E-state index contributed by atoms with van der Waals surface area (Å²) in [6.45, 7) is 0.902. The average molecular weight is 329 g/mol. The van der Waals surface area contributed by atoms with E-state index in [9.17, 15) is 4.79 Å². The van der Waals surface area contributed by atoms with E-state index in [0.717, 1.165) is 12.0 Å². The third kappa shape index (κ3) is 1.65. The van der Waals surface area contributed by atoms with Crippen molar-refractivity contribution in [2.75, 3.05) is 27.5 Å². The second-order valence-electron chi connectivity index (χ2n) is 6.90. The van der Waals surface area contributed by atoms with Gasteiger partial charge in [0.1, 0.15) is 6.10 Å². The Morgan fingerprint density at radius 1 is 1.29 bits per heavy atom. The number of likely N-dealkylation sites (tertiary alicyclic amines) is 1. The Morgan fingerprint density at radius 3 is 2.88 bits per heavy atom. The molecule has 0 amide bonds. The molecule has 1 aromatic rings. The van der Waals surface area contributed by atoms with Crippen LogP contribution in [0.3, 0.4) is 0 Å². The number of esters is 1. The second-order valence-corrected chi connectivity index (χ2v) is 6.90. The van der Waals surface area contributed by atoms with Gasteiger partial charge in [0.05, 0.1) is 17.1 Å². The number of methoxy groups -OCH3 is 1. The number of benzene rings is 1. The zero-order valence-electron chi connectivity index (χ0n) is 13.7. The number of rotatable bonds is 1. The van der Waals surface area contributed by atoms with Gasteiger partial charge in [-0.1, -0.05) is 12.2 Å². The summed E-state index contributed by atoms with van der Waals surface area (Å²) in [6, 6.07) is 3.94. The van der Waals surface area contributed by atoms with Crippen molar-refractivity contribution >= 4 is 5.97 Å². The van der Waals surface area contributed by atoms with Gasteiger partial charge in [0.15, 0.2) is 11.5 Å². The minimum Gasteiger partial charge on any atom is -0.456 e. The van der Waals surface area contributed by atoms with Crippen LogP contribution in [0.5, 0.6) is 11.5 Å². The summed E-state index contributed by atoms with van der Waals surface area (Å²) in [6.07, 6.45) is 5.03. The molecule has 1 spiro atoms. The lowest BCUT2D eigenvalue weighted by atomic mass is 9.65. The van der Waals surface area contributed by atoms with Crippen molar-refractivity contribution in [1.29, 1.82) is 0 Å². The Labute approximate surface area is 139 Å². The van der Waals surface area contributed by atoms with Gasteiger partial charge >= 0.3 is 5.97 Å². The Hall–Kier alpha value is -2.05. The number of fused-ring (bicyclic) bond motifs is 2. The van der Waals surface area contributed by atoms with Crippen molar-refractivity contribution < 1.29 is 23.7 Å². The van der Waals surface area contributed by atoms with Crippen LogP contribution in [0.25, 0.3) is 0 Å². The molecule has 6 nitrogen and oxygen atoms in total. The van der Waals surface area contributed by atoms with Crippen LogP contribution in [0.1, 0.15) is 22.3 Å². The van der Waals surface area contributed by atoms with Crippen molar-refractivity contribution in [3.05, 3.63) is 35.4 Å². The van der Waals surface area contributed by atoms with Crippen LogP contribution >= 0.6 is 0 Å². The molecule has 4 aliphatic rings. The van der Waals surface area contributed by atoms with Gasteiger partial charge in [0, 0.05) is 19.7 Å². The molecule has 0 saturated carbocycles. The smallest absolute Gasteiger partial charge is 0.338 e. The van der Waals surface area contributed by atoms with Crippen molar-refractivity contribution in [2.45, 2.75) is 30.1 Å². The van der Waals surface area contributed by atoms with Gasteiger partial charge in [-0.3, -0.25) is 4.90 Å². The summed E-state index contributed by atoms with van der Waals surface area (Å²) in [5, 5.41) is 0. The molecule has 0 aromatic heterocycles. The summed E-state index contributed by atoms with van der Waals surface area (Å²) >= 11 is 0. The van der Waals surface area contributed by atoms with Gasteiger partial charge in [0.25, 0.3) is 0 Å². The first-order valence-corrected chi connectivity index (χ1v) is 8.21.